The van der Waals surface area contributed by atoms with Crippen LogP contribution in [0.25, 0.3) is 0 Å². The zero-order valence-electron chi connectivity index (χ0n) is 15.6. The van der Waals surface area contributed by atoms with Crippen LogP contribution < -0.4 is 0 Å². The van der Waals surface area contributed by atoms with Gasteiger partial charge in [-0.3, -0.25) is 4.79 Å². The predicted molar refractivity (Wildman–Crippen MR) is 92.3 cm³/mol. The van der Waals surface area contributed by atoms with Crippen molar-refractivity contribution in [3.05, 3.63) is 35.4 Å². The Morgan fingerprint density at radius 1 is 1.19 bits per heavy atom. The number of carbonyl (C=O) groups is 2. The van der Waals surface area contributed by atoms with Gasteiger partial charge in [-0.25, -0.2) is 4.79 Å². The summed E-state index contributed by atoms with van der Waals surface area (Å²) in [5.74, 6) is -1.07. The summed E-state index contributed by atoms with van der Waals surface area (Å²) in [5.41, 5.74) is -2.26. The minimum absolute atomic E-state index is 0.0414. The first-order valence-electron chi connectivity index (χ1n) is 8.70. The Morgan fingerprint density at radius 2 is 1.78 bits per heavy atom. The van der Waals surface area contributed by atoms with E-state index in [0.29, 0.717) is 24.9 Å². The molecule has 1 atom stereocenters. The number of hydrogen-bond acceptors (Lipinski definition) is 3. The molecule has 0 radical (unpaired) electrons. The van der Waals surface area contributed by atoms with Crippen molar-refractivity contribution < 1.29 is 32.6 Å². The maximum Gasteiger partial charge on any atom is 0.416 e. The molecule has 1 saturated heterocycles. The second-order valence-electron chi connectivity index (χ2n) is 7.96. The van der Waals surface area contributed by atoms with Crippen LogP contribution in [0, 0.1) is 5.41 Å². The first kappa shape index (κ1) is 21.1. The molecular formula is C19H24F3NO4. The van der Waals surface area contributed by atoms with Gasteiger partial charge in [0, 0.05) is 13.1 Å². The Hall–Kier alpha value is -2.25. The van der Waals surface area contributed by atoms with Crippen LogP contribution in [0.1, 0.15) is 44.7 Å². The average Bonchev–Trinajstić information content (AvgIpc) is 2.53. The number of carboxylic acid groups (broad SMARTS) is 1. The molecular weight excluding hydrogens is 363 g/mol. The minimum Gasteiger partial charge on any atom is -0.481 e. The van der Waals surface area contributed by atoms with Crippen molar-refractivity contribution >= 4 is 12.1 Å². The van der Waals surface area contributed by atoms with Crippen LogP contribution in [0.2, 0.25) is 0 Å². The summed E-state index contributed by atoms with van der Waals surface area (Å²) in [4.78, 5) is 25.7. The molecule has 2 rings (SSSR count). The SMILES string of the molecule is CC(C)(C)OC(=O)N1CCC[C@](Cc2ccc(C(F)(F)F)cc2)(C(=O)O)C1. The number of nitrogens with zero attached hydrogens (tertiary/aromatic N) is 1. The van der Waals surface area contributed by atoms with Gasteiger partial charge in [-0.05, 0) is 57.7 Å². The quantitative estimate of drug-likeness (QED) is 0.837. The first-order valence-corrected chi connectivity index (χ1v) is 8.70. The van der Waals surface area contributed by atoms with Crippen LogP contribution >= 0.6 is 0 Å². The Kier molecular flexibility index (Phi) is 5.77. The zero-order valence-corrected chi connectivity index (χ0v) is 15.6. The van der Waals surface area contributed by atoms with Gasteiger partial charge in [0.15, 0.2) is 0 Å². The first-order chi connectivity index (χ1) is 12.3. The van der Waals surface area contributed by atoms with Crippen molar-refractivity contribution in [3.63, 3.8) is 0 Å². The zero-order chi connectivity index (χ0) is 20.5. The molecule has 150 valence electrons. The molecule has 1 aliphatic rings. The third-order valence-electron chi connectivity index (χ3n) is 4.51. The normalized spacial score (nSPS) is 21.0. The average molecular weight is 387 g/mol. The lowest BCUT2D eigenvalue weighted by Gasteiger charge is -2.40. The number of piperidine rings is 1. The number of halogens is 3. The summed E-state index contributed by atoms with van der Waals surface area (Å²) in [6.45, 7) is 5.51. The number of hydrogen-bond donors (Lipinski definition) is 1. The summed E-state index contributed by atoms with van der Waals surface area (Å²) >= 11 is 0. The lowest BCUT2D eigenvalue weighted by molar-refractivity contribution is -0.152. The number of alkyl halides is 3. The molecule has 0 spiro atoms. The van der Waals surface area contributed by atoms with Gasteiger partial charge in [0.1, 0.15) is 5.60 Å². The molecule has 1 aromatic rings. The van der Waals surface area contributed by atoms with Crippen molar-refractivity contribution in [2.45, 2.75) is 51.8 Å². The molecule has 8 heteroatoms. The predicted octanol–water partition coefficient (Wildman–Crippen LogP) is 4.35. The van der Waals surface area contributed by atoms with Crippen molar-refractivity contribution in [3.8, 4) is 0 Å². The van der Waals surface area contributed by atoms with E-state index in [0.717, 1.165) is 12.1 Å². The van der Waals surface area contributed by atoms with Crippen molar-refractivity contribution in [2.24, 2.45) is 5.41 Å². The summed E-state index contributed by atoms with van der Waals surface area (Å²) in [6, 6.07) is 4.47. The number of ether oxygens (including phenoxy) is 1. The highest BCUT2D eigenvalue weighted by atomic mass is 19.4. The summed E-state index contributed by atoms with van der Waals surface area (Å²) in [6.07, 6.45) is -4.17. The molecule has 0 saturated carbocycles. The van der Waals surface area contributed by atoms with Gasteiger partial charge in [0.2, 0.25) is 0 Å². The smallest absolute Gasteiger partial charge is 0.416 e. The molecule has 1 N–H and O–H groups in total. The van der Waals surface area contributed by atoms with E-state index in [1.165, 1.54) is 17.0 Å². The lowest BCUT2D eigenvalue weighted by atomic mass is 9.75. The molecule has 0 aliphatic carbocycles. The van der Waals surface area contributed by atoms with Crippen molar-refractivity contribution in [2.75, 3.05) is 13.1 Å². The molecule has 1 aliphatic heterocycles. The third kappa shape index (κ3) is 5.37. The van der Waals surface area contributed by atoms with Crippen molar-refractivity contribution in [1.29, 1.82) is 0 Å². The van der Waals surface area contributed by atoms with Crippen molar-refractivity contribution in [1.82, 2.24) is 4.90 Å². The van der Waals surface area contributed by atoms with Crippen LogP contribution in [-0.4, -0.2) is 40.8 Å². The molecule has 0 unspecified atom stereocenters. The molecule has 0 aromatic heterocycles. The highest BCUT2D eigenvalue weighted by Crippen LogP contribution is 2.36. The number of likely N-dealkylation sites (tertiary alicyclic amines) is 1. The highest BCUT2D eigenvalue weighted by Gasteiger charge is 2.44. The summed E-state index contributed by atoms with van der Waals surface area (Å²) in [7, 11) is 0. The summed E-state index contributed by atoms with van der Waals surface area (Å²) < 4.78 is 43.4. The number of amides is 1. The Labute approximate surface area is 156 Å². The van der Waals surface area contributed by atoms with E-state index in [1.54, 1.807) is 20.8 Å². The molecule has 5 nitrogen and oxygen atoms in total. The maximum absolute atomic E-state index is 12.7. The van der Waals surface area contributed by atoms with E-state index < -0.39 is 34.8 Å². The second-order valence-corrected chi connectivity index (χ2v) is 7.96. The van der Waals surface area contributed by atoms with Crippen LogP contribution in [-0.2, 0) is 22.1 Å². The van der Waals surface area contributed by atoms with E-state index in [2.05, 4.69) is 0 Å². The highest BCUT2D eigenvalue weighted by molar-refractivity contribution is 5.77. The van der Waals surface area contributed by atoms with Gasteiger partial charge >= 0.3 is 18.2 Å². The number of benzene rings is 1. The largest absolute Gasteiger partial charge is 0.481 e. The molecule has 0 bridgehead atoms. The maximum atomic E-state index is 12.7. The monoisotopic (exact) mass is 387 g/mol. The van der Waals surface area contributed by atoms with Crippen LogP contribution in [0.4, 0.5) is 18.0 Å². The van der Waals surface area contributed by atoms with Gasteiger partial charge in [0.25, 0.3) is 0 Å². The van der Waals surface area contributed by atoms with Crippen LogP contribution in [0.5, 0.6) is 0 Å². The topological polar surface area (TPSA) is 66.8 Å². The fraction of sp³-hybridized carbons (Fsp3) is 0.579. The van der Waals surface area contributed by atoms with E-state index in [9.17, 15) is 27.9 Å². The molecule has 1 aromatic carbocycles. The Balaban J connectivity index is 2.19. The van der Waals surface area contributed by atoms with Gasteiger partial charge in [-0.15, -0.1) is 0 Å². The molecule has 1 heterocycles. The van der Waals surface area contributed by atoms with E-state index >= 15 is 0 Å². The standard InChI is InChI=1S/C19H24F3NO4/c1-17(2,3)27-16(26)23-10-4-9-18(12-23,15(24)25)11-13-5-7-14(8-6-13)19(20,21)22/h5-8H,4,9-12H2,1-3H3,(H,24,25)/t18-/m1/s1. The second kappa shape index (κ2) is 7.40. The number of rotatable bonds is 3. The van der Waals surface area contributed by atoms with E-state index in [1.807, 2.05) is 0 Å². The fourth-order valence-electron chi connectivity index (χ4n) is 3.21. The Morgan fingerprint density at radius 3 is 2.26 bits per heavy atom. The lowest BCUT2D eigenvalue weighted by Crippen LogP contribution is -2.52. The third-order valence-corrected chi connectivity index (χ3v) is 4.51. The number of carboxylic acids is 1. The summed E-state index contributed by atoms with van der Waals surface area (Å²) in [5, 5.41) is 9.81. The van der Waals surface area contributed by atoms with E-state index in [4.69, 9.17) is 4.74 Å². The molecule has 1 fully saturated rings. The van der Waals surface area contributed by atoms with Gasteiger partial charge < -0.3 is 14.7 Å². The van der Waals surface area contributed by atoms with Crippen LogP contribution in [0.15, 0.2) is 24.3 Å². The van der Waals surface area contributed by atoms with Gasteiger partial charge in [0.05, 0.1) is 11.0 Å². The number of carbonyl (C=O) groups excluding carboxylic acids is 1. The Bertz CT molecular complexity index is 694. The van der Waals surface area contributed by atoms with Gasteiger partial charge in [-0.1, -0.05) is 12.1 Å². The molecule has 1 amide bonds. The number of aliphatic carboxylic acids is 1. The van der Waals surface area contributed by atoms with E-state index in [-0.39, 0.29) is 13.0 Å². The van der Waals surface area contributed by atoms with Crippen LogP contribution in [0.3, 0.4) is 0 Å². The minimum atomic E-state index is -4.44. The molecule has 27 heavy (non-hydrogen) atoms. The fourth-order valence-corrected chi connectivity index (χ4v) is 3.21. The van der Waals surface area contributed by atoms with Gasteiger partial charge in [-0.2, -0.15) is 13.2 Å².